The number of ether oxygens (including phenoxy) is 2. The van der Waals surface area contributed by atoms with E-state index in [2.05, 4.69) is 4.98 Å². The summed E-state index contributed by atoms with van der Waals surface area (Å²) in [4.78, 5) is 29.0. The zero-order chi connectivity index (χ0) is 23.8. The summed E-state index contributed by atoms with van der Waals surface area (Å²) in [6, 6.07) is 17.8. The van der Waals surface area contributed by atoms with E-state index in [1.54, 1.807) is 12.1 Å². The smallest absolute Gasteiger partial charge is 0.344 e. The topological polar surface area (TPSA) is 78.6 Å². The second-order valence-electron chi connectivity index (χ2n) is 7.72. The van der Waals surface area contributed by atoms with Gasteiger partial charge in [-0.1, -0.05) is 53.5 Å². The molecular formula is C26H17Cl2NO5. The van der Waals surface area contributed by atoms with Gasteiger partial charge in [-0.15, -0.1) is 0 Å². The highest BCUT2D eigenvalue weighted by Crippen LogP contribution is 2.37. The van der Waals surface area contributed by atoms with Gasteiger partial charge in [-0.3, -0.25) is 0 Å². The first-order valence-corrected chi connectivity index (χ1v) is 11.1. The summed E-state index contributed by atoms with van der Waals surface area (Å²) in [6.07, 6.45) is 0. The van der Waals surface area contributed by atoms with Gasteiger partial charge in [0.1, 0.15) is 17.7 Å². The summed E-state index contributed by atoms with van der Waals surface area (Å²) in [5.74, 6) is -0.382. The second kappa shape index (κ2) is 8.97. The monoisotopic (exact) mass is 493 g/mol. The van der Waals surface area contributed by atoms with Gasteiger partial charge in [0, 0.05) is 28.1 Å². The molecule has 8 heteroatoms. The molecule has 2 heterocycles. The maximum absolute atomic E-state index is 12.5. The highest BCUT2D eigenvalue weighted by molar-refractivity contribution is 6.39. The lowest BCUT2D eigenvalue weighted by molar-refractivity contribution is -0.147. The van der Waals surface area contributed by atoms with E-state index < -0.39 is 18.2 Å². The number of esters is 1. The van der Waals surface area contributed by atoms with Gasteiger partial charge in [0.05, 0.1) is 10.0 Å². The lowest BCUT2D eigenvalue weighted by Crippen LogP contribution is -2.16. The minimum absolute atomic E-state index is 0.120. The molecule has 5 aromatic rings. The zero-order valence-electron chi connectivity index (χ0n) is 17.9. The Morgan fingerprint density at radius 3 is 2.68 bits per heavy atom. The van der Waals surface area contributed by atoms with E-state index in [0.717, 1.165) is 21.9 Å². The molecule has 0 atom stereocenters. The van der Waals surface area contributed by atoms with Gasteiger partial charge >= 0.3 is 11.6 Å². The molecule has 2 aromatic heterocycles. The number of fused-ring (bicyclic) bond motifs is 4. The third-order valence-electron chi connectivity index (χ3n) is 5.41. The quantitative estimate of drug-likeness (QED) is 0.164. The molecular weight excluding hydrogens is 477 g/mol. The molecule has 0 N–H and O–H groups in total. The highest BCUT2D eigenvalue weighted by atomic mass is 35.5. The van der Waals surface area contributed by atoms with Gasteiger partial charge in [0.2, 0.25) is 0 Å². The van der Waals surface area contributed by atoms with Crippen LogP contribution in [0, 0.1) is 6.92 Å². The van der Waals surface area contributed by atoms with Gasteiger partial charge in [-0.25, -0.2) is 14.6 Å². The largest absolute Gasteiger partial charge is 0.478 e. The number of nitrogens with zero attached hydrogens (tertiary/aromatic N) is 1. The van der Waals surface area contributed by atoms with Gasteiger partial charge in [-0.2, -0.15) is 0 Å². The van der Waals surface area contributed by atoms with Crippen molar-refractivity contribution in [2.45, 2.75) is 13.5 Å². The molecule has 3 aromatic carbocycles. The van der Waals surface area contributed by atoms with Crippen molar-refractivity contribution in [2.75, 3.05) is 6.61 Å². The molecule has 0 fully saturated rings. The van der Waals surface area contributed by atoms with Crippen molar-refractivity contribution in [3.63, 3.8) is 0 Å². The van der Waals surface area contributed by atoms with Crippen molar-refractivity contribution in [1.82, 2.24) is 4.98 Å². The van der Waals surface area contributed by atoms with Crippen LogP contribution in [0.4, 0.5) is 0 Å². The summed E-state index contributed by atoms with van der Waals surface area (Å²) < 4.78 is 16.5. The molecule has 34 heavy (non-hydrogen) atoms. The Hall–Kier alpha value is -3.61. The van der Waals surface area contributed by atoms with Crippen LogP contribution in [0.5, 0.6) is 5.75 Å². The van der Waals surface area contributed by atoms with Gasteiger partial charge < -0.3 is 13.9 Å². The average molecular weight is 494 g/mol. The van der Waals surface area contributed by atoms with Crippen LogP contribution in [0.25, 0.3) is 32.6 Å². The number of aryl methyl sites for hydroxylation is 1. The molecule has 0 unspecified atom stereocenters. The summed E-state index contributed by atoms with van der Waals surface area (Å²) >= 11 is 12.6. The predicted molar refractivity (Wildman–Crippen MR) is 132 cm³/mol. The molecule has 0 radical (unpaired) electrons. The van der Waals surface area contributed by atoms with Crippen LogP contribution in [0.1, 0.15) is 11.3 Å². The van der Waals surface area contributed by atoms with Gasteiger partial charge in [0.25, 0.3) is 0 Å². The fourth-order valence-corrected chi connectivity index (χ4v) is 4.46. The molecule has 0 aliphatic carbocycles. The normalized spacial score (nSPS) is 11.3. The van der Waals surface area contributed by atoms with E-state index in [0.29, 0.717) is 27.1 Å². The van der Waals surface area contributed by atoms with Crippen LogP contribution >= 0.6 is 23.2 Å². The zero-order valence-corrected chi connectivity index (χ0v) is 19.4. The number of rotatable bonds is 5. The van der Waals surface area contributed by atoms with Crippen LogP contribution in [-0.4, -0.2) is 17.6 Å². The Kier molecular flexibility index (Phi) is 5.86. The SMILES string of the molecule is Cc1ccc2c(Cl)cc(Cl)c(OCC(=O)OCc3cc(=O)oc4ccc5ccccc5c34)c2n1. The fourth-order valence-electron chi connectivity index (χ4n) is 3.89. The van der Waals surface area contributed by atoms with E-state index >= 15 is 0 Å². The summed E-state index contributed by atoms with van der Waals surface area (Å²) in [7, 11) is 0. The van der Waals surface area contributed by atoms with Crippen LogP contribution < -0.4 is 10.4 Å². The Balaban J connectivity index is 1.39. The molecule has 5 rings (SSSR count). The van der Waals surface area contributed by atoms with Crippen molar-refractivity contribution in [1.29, 1.82) is 0 Å². The molecule has 0 aliphatic heterocycles. The predicted octanol–water partition coefficient (Wildman–Crippen LogP) is 6.23. The second-order valence-corrected chi connectivity index (χ2v) is 8.53. The standard InChI is InChI=1S/C26H17Cl2NO5/c1-14-6-8-18-19(27)11-20(28)26(25(18)29-14)33-13-23(31)32-12-16-10-22(30)34-21-9-7-15-4-2-3-5-17(15)24(16)21/h2-11H,12-13H2,1H3. The third-order valence-corrected chi connectivity index (χ3v) is 6.01. The van der Waals surface area contributed by atoms with E-state index in [1.807, 2.05) is 49.4 Å². The summed E-state index contributed by atoms with van der Waals surface area (Å²) in [6.45, 7) is 1.31. The highest BCUT2D eigenvalue weighted by Gasteiger charge is 2.16. The first kappa shape index (κ1) is 22.2. The molecule has 170 valence electrons. The van der Waals surface area contributed by atoms with Gasteiger partial charge in [-0.05, 0) is 42.0 Å². The number of halogens is 2. The molecule has 0 saturated carbocycles. The van der Waals surface area contributed by atoms with Crippen LogP contribution in [-0.2, 0) is 16.1 Å². The van der Waals surface area contributed by atoms with Crippen molar-refractivity contribution < 1.29 is 18.7 Å². The van der Waals surface area contributed by atoms with Crippen molar-refractivity contribution in [3.8, 4) is 5.75 Å². The minimum Gasteiger partial charge on any atom is -0.478 e. The molecule has 0 amide bonds. The van der Waals surface area contributed by atoms with Crippen molar-refractivity contribution >= 4 is 61.8 Å². The number of pyridine rings is 1. The Labute approximate surface area is 203 Å². The Morgan fingerprint density at radius 2 is 1.82 bits per heavy atom. The summed E-state index contributed by atoms with van der Waals surface area (Å²) in [5.41, 5.74) is 1.66. The van der Waals surface area contributed by atoms with E-state index in [4.69, 9.17) is 37.1 Å². The Morgan fingerprint density at radius 1 is 1.00 bits per heavy atom. The molecule has 0 saturated heterocycles. The number of benzene rings is 3. The number of aromatic nitrogens is 1. The number of carbonyl (C=O) groups is 1. The first-order valence-electron chi connectivity index (χ1n) is 10.4. The lowest BCUT2D eigenvalue weighted by Gasteiger charge is -2.13. The number of carbonyl (C=O) groups excluding carboxylic acids is 1. The van der Waals surface area contributed by atoms with E-state index in [9.17, 15) is 9.59 Å². The average Bonchev–Trinajstić information content (AvgIpc) is 2.81. The molecule has 6 nitrogen and oxygen atoms in total. The number of hydrogen-bond donors (Lipinski definition) is 0. The molecule has 0 bridgehead atoms. The van der Waals surface area contributed by atoms with Crippen LogP contribution in [0.2, 0.25) is 10.0 Å². The Bertz CT molecular complexity index is 1640. The van der Waals surface area contributed by atoms with E-state index in [-0.39, 0.29) is 17.4 Å². The lowest BCUT2D eigenvalue weighted by atomic mass is 10.0. The minimum atomic E-state index is -0.631. The van der Waals surface area contributed by atoms with Crippen molar-refractivity contribution in [2.24, 2.45) is 0 Å². The number of hydrogen-bond acceptors (Lipinski definition) is 6. The molecule has 0 aliphatic rings. The van der Waals surface area contributed by atoms with Gasteiger partial charge in [0.15, 0.2) is 12.4 Å². The summed E-state index contributed by atoms with van der Waals surface area (Å²) in [5, 5.41) is 3.93. The maximum atomic E-state index is 12.5. The third kappa shape index (κ3) is 4.18. The van der Waals surface area contributed by atoms with E-state index in [1.165, 1.54) is 6.07 Å². The fraction of sp³-hybridized carbons (Fsp3) is 0.115. The van der Waals surface area contributed by atoms with Crippen LogP contribution in [0.3, 0.4) is 0 Å². The van der Waals surface area contributed by atoms with Crippen LogP contribution in [0.15, 0.2) is 69.9 Å². The van der Waals surface area contributed by atoms with Crippen molar-refractivity contribution in [3.05, 3.63) is 92.4 Å². The maximum Gasteiger partial charge on any atom is 0.344 e. The molecule has 0 spiro atoms. The first-order chi connectivity index (χ1) is 16.4.